The number of hydrogen-bond acceptors (Lipinski definition) is 4. The van der Waals surface area contributed by atoms with Crippen LogP contribution in [-0.2, 0) is 4.79 Å². The maximum atomic E-state index is 12.2. The van der Waals surface area contributed by atoms with Gasteiger partial charge < -0.3 is 20.1 Å². The summed E-state index contributed by atoms with van der Waals surface area (Å²) in [6.07, 6.45) is 0.0874. The van der Waals surface area contributed by atoms with Crippen molar-refractivity contribution in [1.82, 2.24) is 10.6 Å². The number of fused-ring (bicyclic) bond motifs is 1. The maximum Gasteiger partial charge on any atom is 0.265 e. The van der Waals surface area contributed by atoms with Crippen LogP contribution in [0.2, 0.25) is 0 Å². The van der Waals surface area contributed by atoms with Gasteiger partial charge in [-0.15, -0.1) is 12.4 Å². The van der Waals surface area contributed by atoms with Gasteiger partial charge in [0, 0.05) is 12.6 Å². The van der Waals surface area contributed by atoms with Gasteiger partial charge >= 0.3 is 0 Å². The Morgan fingerprint density at radius 3 is 2.65 bits per heavy atom. The maximum absolute atomic E-state index is 12.2. The molecule has 2 aliphatic heterocycles. The first kappa shape index (κ1) is 14.9. The van der Waals surface area contributed by atoms with Crippen LogP contribution in [0.1, 0.15) is 13.3 Å². The van der Waals surface area contributed by atoms with Crippen LogP contribution in [0.3, 0.4) is 0 Å². The molecule has 0 bridgehead atoms. The fourth-order valence-corrected chi connectivity index (χ4v) is 2.47. The third kappa shape index (κ3) is 2.99. The number of carbonyl (C=O) groups excluding carboxylic acids is 1. The fraction of sp³-hybridized carbons (Fsp3) is 0.500. The van der Waals surface area contributed by atoms with Gasteiger partial charge in [-0.2, -0.15) is 0 Å². The van der Waals surface area contributed by atoms with Crippen molar-refractivity contribution in [1.29, 1.82) is 0 Å². The molecule has 1 aromatic rings. The molecule has 1 fully saturated rings. The van der Waals surface area contributed by atoms with Crippen molar-refractivity contribution < 1.29 is 14.3 Å². The Labute approximate surface area is 124 Å². The largest absolute Gasteiger partial charge is 0.482 e. The molecule has 2 heterocycles. The minimum absolute atomic E-state index is 0. The molecule has 0 aromatic heterocycles. The van der Waals surface area contributed by atoms with Gasteiger partial charge in [0.05, 0.1) is 0 Å². The zero-order valence-electron chi connectivity index (χ0n) is 11.3. The lowest BCUT2D eigenvalue weighted by Gasteiger charge is -2.31. The highest BCUT2D eigenvalue weighted by atomic mass is 35.5. The van der Waals surface area contributed by atoms with Crippen LogP contribution >= 0.6 is 12.4 Å². The Hall–Kier alpha value is -1.46. The van der Waals surface area contributed by atoms with Gasteiger partial charge in [0.15, 0.2) is 11.5 Å². The van der Waals surface area contributed by atoms with Crippen molar-refractivity contribution in [2.45, 2.75) is 31.6 Å². The number of halogens is 1. The third-order valence-corrected chi connectivity index (χ3v) is 3.51. The number of ether oxygens (including phenoxy) is 2. The predicted molar refractivity (Wildman–Crippen MR) is 77.6 cm³/mol. The van der Waals surface area contributed by atoms with Crippen molar-refractivity contribution in [3.05, 3.63) is 24.3 Å². The molecule has 0 radical (unpaired) electrons. The van der Waals surface area contributed by atoms with Gasteiger partial charge in [-0.3, -0.25) is 4.79 Å². The average molecular weight is 299 g/mol. The van der Waals surface area contributed by atoms with Crippen LogP contribution in [0.15, 0.2) is 24.3 Å². The van der Waals surface area contributed by atoms with E-state index in [2.05, 4.69) is 10.6 Å². The summed E-state index contributed by atoms with van der Waals surface area (Å²) in [7, 11) is 0. The zero-order chi connectivity index (χ0) is 13.2. The first-order chi connectivity index (χ1) is 9.24. The van der Waals surface area contributed by atoms with Gasteiger partial charge in [0.2, 0.25) is 6.10 Å². The van der Waals surface area contributed by atoms with Gasteiger partial charge in [-0.05, 0) is 32.0 Å². The van der Waals surface area contributed by atoms with Gasteiger partial charge in [-0.25, -0.2) is 0 Å². The summed E-state index contributed by atoms with van der Waals surface area (Å²) in [5, 5.41) is 6.22. The lowest BCUT2D eigenvalue weighted by molar-refractivity contribution is -0.134. The molecule has 0 aliphatic carbocycles. The summed E-state index contributed by atoms with van der Waals surface area (Å²) in [4.78, 5) is 12.2. The van der Waals surface area contributed by atoms with E-state index in [4.69, 9.17) is 9.47 Å². The molecule has 1 saturated heterocycles. The number of rotatable bonds is 2. The van der Waals surface area contributed by atoms with E-state index < -0.39 is 6.10 Å². The van der Waals surface area contributed by atoms with E-state index in [-0.39, 0.29) is 30.5 Å². The third-order valence-electron chi connectivity index (χ3n) is 3.51. The van der Waals surface area contributed by atoms with E-state index in [0.717, 1.165) is 19.5 Å². The monoisotopic (exact) mass is 298 g/mol. The minimum atomic E-state index is -0.588. The molecule has 0 spiro atoms. The Kier molecular flexibility index (Phi) is 4.73. The highest BCUT2D eigenvalue weighted by molar-refractivity contribution is 5.85. The topological polar surface area (TPSA) is 59.6 Å². The molecule has 2 aliphatic rings. The molecular formula is C14H19ClN2O3. The summed E-state index contributed by atoms with van der Waals surface area (Å²) in [6, 6.07) is 7.62. The Morgan fingerprint density at radius 1 is 1.30 bits per heavy atom. The van der Waals surface area contributed by atoms with E-state index in [1.807, 2.05) is 31.2 Å². The molecule has 2 N–H and O–H groups in total. The molecule has 3 rings (SSSR count). The van der Waals surface area contributed by atoms with Crippen LogP contribution in [0, 0.1) is 0 Å². The van der Waals surface area contributed by atoms with Crippen molar-refractivity contribution in [3.8, 4) is 11.5 Å². The number of para-hydroxylation sites is 2. The molecule has 5 nitrogen and oxygen atoms in total. The summed E-state index contributed by atoms with van der Waals surface area (Å²) in [6.45, 7) is 3.63. The zero-order valence-corrected chi connectivity index (χ0v) is 12.1. The lowest BCUT2D eigenvalue weighted by Crippen LogP contribution is -2.51. The van der Waals surface area contributed by atoms with Crippen molar-refractivity contribution in [2.24, 2.45) is 0 Å². The van der Waals surface area contributed by atoms with Gasteiger partial charge in [-0.1, -0.05) is 12.1 Å². The molecule has 1 amide bonds. The predicted octanol–water partition coefficient (Wildman–Crippen LogP) is 1.11. The van der Waals surface area contributed by atoms with Crippen molar-refractivity contribution in [3.63, 3.8) is 0 Å². The highest BCUT2D eigenvalue weighted by Crippen LogP contribution is 2.33. The van der Waals surface area contributed by atoms with E-state index >= 15 is 0 Å². The van der Waals surface area contributed by atoms with E-state index in [1.54, 1.807) is 0 Å². The quantitative estimate of drug-likeness (QED) is 0.859. The lowest BCUT2D eigenvalue weighted by atomic mass is 10.1. The second kappa shape index (κ2) is 6.33. The number of carbonyl (C=O) groups is 1. The number of amides is 1. The second-order valence-corrected chi connectivity index (χ2v) is 5.01. The van der Waals surface area contributed by atoms with Crippen molar-refractivity contribution in [2.75, 3.05) is 13.1 Å². The standard InChI is InChI=1S/C14H18N2O3.ClH/c1-9-13(14(17)16-10-6-7-15-8-10)19-12-5-3-2-4-11(12)18-9;/h2-5,9-10,13,15H,6-8H2,1H3,(H,16,17);1H. The molecule has 6 heteroatoms. The van der Waals surface area contributed by atoms with Crippen LogP contribution in [-0.4, -0.2) is 37.2 Å². The molecule has 20 heavy (non-hydrogen) atoms. The van der Waals surface area contributed by atoms with Crippen LogP contribution in [0.5, 0.6) is 11.5 Å². The summed E-state index contributed by atoms with van der Waals surface area (Å²) in [5.74, 6) is 1.22. The Balaban J connectivity index is 0.00000147. The number of benzene rings is 1. The molecule has 3 unspecified atom stereocenters. The minimum Gasteiger partial charge on any atom is -0.482 e. The Bertz CT molecular complexity index is 477. The smallest absolute Gasteiger partial charge is 0.265 e. The highest BCUT2D eigenvalue weighted by Gasteiger charge is 2.35. The van der Waals surface area contributed by atoms with Crippen LogP contribution in [0.25, 0.3) is 0 Å². The first-order valence-electron chi connectivity index (χ1n) is 6.67. The number of nitrogens with one attached hydrogen (secondary N) is 2. The van der Waals surface area contributed by atoms with Crippen molar-refractivity contribution >= 4 is 18.3 Å². The van der Waals surface area contributed by atoms with Gasteiger partial charge in [0.1, 0.15) is 6.10 Å². The average Bonchev–Trinajstić information content (AvgIpc) is 2.90. The second-order valence-electron chi connectivity index (χ2n) is 5.01. The van der Waals surface area contributed by atoms with Crippen LogP contribution in [0.4, 0.5) is 0 Å². The van der Waals surface area contributed by atoms with Gasteiger partial charge in [0.25, 0.3) is 5.91 Å². The molecule has 1 aromatic carbocycles. The molecule has 110 valence electrons. The molecule has 0 saturated carbocycles. The summed E-state index contributed by atoms with van der Waals surface area (Å²) >= 11 is 0. The van der Waals surface area contributed by atoms with E-state index in [0.29, 0.717) is 11.5 Å². The fourth-order valence-electron chi connectivity index (χ4n) is 2.47. The normalized spacial score (nSPS) is 27.6. The summed E-state index contributed by atoms with van der Waals surface area (Å²) < 4.78 is 11.5. The first-order valence-corrected chi connectivity index (χ1v) is 6.67. The molecule has 3 atom stereocenters. The SMILES string of the molecule is CC1Oc2ccccc2OC1C(=O)NC1CCNC1.Cl. The summed E-state index contributed by atoms with van der Waals surface area (Å²) in [5.41, 5.74) is 0. The number of hydrogen-bond donors (Lipinski definition) is 2. The van der Waals surface area contributed by atoms with E-state index in [9.17, 15) is 4.79 Å². The van der Waals surface area contributed by atoms with Crippen LogP contribution < -0.4 is 20.1 Å². The van der Waals surface area contributed by atoms with E-state index in [1.165, 1.54) is 0 Å². The molecular weight excluding hydrogens is 280 g/mol. The Morgan fingerprint density at radius 2 is 2.00 bits per heavy atom.